The molecule has 0 saturated carbocycles. The molecule has 0 fully saturated rings. The molecule has 1 heterocycles. The average molecular weight is 317 g/mol. The highest BCUT2D eigenvalue weighted by molar-refractivity contribution is 9.10. The standard InChI is InChI=1S/C12H8BrClFNO/c13-8-1-2-12(11(15)5-8)17-7-10-6-9(14)3-4-16-10/h1-6H,7H2. The van der Waals surface area contributed by atoms with Gasteiger partial charge in [0.2, 0.25) is 0 Å². The summed E-state index contributed by atoms with van der Waals surface area (Å²) in [5.74, 6) is -0.226. The molecule has 0 amide bonds. The van der Waals surface area contributed by atoms with Crippen LogP contribution in [0.25, 0.3) is 0 Å². The molecule has 2 aromatic rings. The number of aromatic nitrogens is 1. The minimum Gasteiger partial charge on any atom is -0.484 e. The molecule has 0 aliphatic carbocycles. The van der Waals surface area contributed by atoms with Gasteiger partial charge >= 0.3 is 0 Å². The molecule has 0 aliphatic heterocycles. The normalized spacial score (nSPS) is 10.3. The number of pyridine rings is 1. The Kier molecular flexibility index (Phi) is 3.97. The van der Waals surface area contributed by atoms with E-state index in [-0.39, 0.29) is 12.4 Å². The lowest BCUT2D eigenvalue weighted by molar-refractivity contribution is 0.286. The molecule has 0 N–H and O–H groups in total. The Morgan fingerprint density at radius 3 is 2.82 bits per heavy atom. The molecule has 0 atom stereocenters. The third-order valence-corrected chi connectivity index (χ3v) is 2.78. The zero-order valence-corrected chi connectivity index (χ0v) is 11.0. The summed E-state index contributed by atoms with van der Waals surface area (Å²) in [6.45, 7) is 0.180. The van der Waals surface area contributed by atoms with Crippen LogP contribution in [0.2, 0.25) is 5.02 Å². The minimum absolute atomic E-state index is 0.180. The molecule has 0 spiro atoms. The lowest BCUT2D eigenvalue weighted by Crippen LogP contribution is -1.99. The van der Waals surface area contributed by atoms with Gasteiger partial charge in [0.15, 0.2) is 11.6 Å². The molecule has 2 nitrogen and oxygen atoms in total. The molecule has 0 unspecified atom stereocenters. The second-order valence-corrected chi connectivity index (χ2v) is 4.68. The van der Waals surface area contributed by atoms with E-state index < -0.39 is 5.82 Å². The van der Waals surface area contributed by atoms with E-state index >= 15 is 0 Å². The first-order chi connectivity index (χ1) is 8.15. The largest absolute Gasteiger partial charge is 0.484 e. The molecule has 2 rings (SSSR count). The fourth-order valence-corrected chi connectivity index (χ4v) is 1.79. The number of ether oxygens (including phenoxy) is 1. The number of benzene rings is 1. The van der Waals surface area contributed by atoms with Crippen LogP contribution in [0.3, 0.4) is 0 Å². The Bertz CT molecular complexity index is 536. The Morgan fingerprint density at radius 2 is 2.12 bits per heavy atom. The summed E-state index contributed by atoms with van der Waals surface area (Å²) < 4.78 is 19.4. The smallest absolute Gasteiger partial charge is 0.166 e. The number of hydrogen-bond donors (Lipinski definition) is 0. The van der Waals surface area contributed by atoms with Gasteiger partial charge in [-0.05, 0) is 30.3 Å². The summed E-state index contributed by atoms with van der Waals surface area (Å²) in [6, 6.07) is 7.97. The van der Waals surface area contributed by atoms with Crippen LogP contribution in [0.1, 0.15) is 5.69 Å². The van der Waals surface area contributed by atoms with E-state index in [0.29, 0.717) is 15.2 Å². The third kappa shape index (κ3) is 3.41. The third-order valence-electron chi connectivity index (χ3n) is 2.05. The van der Waals surface area contributed by atoms with Crippen molar-refractivity contribution < 1.29 is 9.13 Å². The topological polar surface area (TPSA) is 22.1 Å². The SMILES string of the molecule is Fc1cc(Br)ccc1OCc1cc(Cl)ccn1. The predicted octanol–water partition coefficient (Wildman–Crippen LogP) is 4.22. The van der Waals surface area contributed by atoms with Crippen molar-refractivity contribution in [3.63, 3.8) is 0 Å². The molecule has 5 heteroatoms. The minimum atomic E-state index is -0.415. The van der Waals surface area contributed by atoms with Gasteiger partial charge in [-0.3, -0.25) is 4.98 Å². The molecule has 17 heavy (non-hydrogen) atoms. The molecule has 88 valence electrons. The van der Waals surface area contributed by atoms with E-state index in [1.165, 1.54) is 6.07 Å². The van der Waals surface area contributed by atoms with Crippen LogP contribution in [-0.2, 0) is 6.61 Å². The van der Waals surface area contributed by atoms with Gasteiger partial charge in [0.25, 0.3) is 0 Å². The Balaban J connectivity index is 2.07. The van der Waals surface area contributed by atoms with E-state index in [2.05, 4.69) is 20.9 Å². The fourth-order valence-electron chi connectivity index (χ4n) is 1.27. The number of hydrogen-bond acceptors (Lipinski definition) is 2. The van der Waals surface area contributed by atoms with Crippen molar-refractivity contribution in [2.75, 3.05) is 0 Å². The van der Waals surface area contributed by atoms with Crippen molar-refractivity contribution in [1.82, 2.24) is 4.98 Å². The monoisotopic (exact) mass is 315 g/mol. The summed E-state index contributed by atoms with van der Waals surface area (Å²) in [7, 11) is 0. The van der Waals surface area contributed by atoms with Crippen LogP contribution in [0.5, 0.6) is 5.75 Å². The van der Waals surface area contributed by atoms with Crippen LogP contribution in [0.15, 0.2) is 41.0 Å². The second kappa shape index (κ2) is 5.47. The lowest BCUT2D eigenvalue weighted by Gasteiger charge is -2.07. The van der Waals surface area contributed by atoms with Crippen molar-refractivity contribution in [3.05, 3.63) is 57.5 Å². The summed E-state index contributed by atoms with van der Waals surface area (Å²) in [5, 5.41) is 0.579. The quantitative estimate of drug-likeness (QED) is 0.846. The molecule has 0 bridgehead atoms. The number of rotatable bonds is 3. The zero-order valence-electron chi connectivity index (χ0n) is 8.66. The Morgan fingerprint density at radius 1 is 1.29 bits per heavy atom. The molecule has 0 saturated heterocycles. The summed E-state index contributed by atoms with van der Waals surface area (Å²) >= 11 is 8.98. The highest BCUT2D eigenvalue weighted by Crippen LogP contribution is 2.22. The fraction of sp³-hybridized carbons (Fsp3) is 0.0833. The first kappa shape index (κ1) is 12.3. The van der Waals surface area contributed by atoms with Gasteiger partial charge in [-0.25, -0.2) is 4.39 Å². The van der Waals surface area contributed by atoms with Crippen molar-refractivity contribution in [2.24, 2.45) is 0 Å². The summed E-state index contributed by atoms with van der Waals surface area (Å²) in [6.07, 6.45) is 1.58. The molecular weight excluding hydrogens is 308 g/mol. The lowest BCUT2D eigenvalue weighted by atomic mass is 10.3. The van der Waals surface area contributed by atoms with Gasteiger partial charge in [0.1, 0.15) is 6.61 Å². The van der Waals surface area contributed by atoms with E-state index in [1.807, 2.05) is 0 Å². The molecular formula is C12H8BrClFNO. The summed E-state index contributed by atoms with van der Waals surface area (Å²) in [4.78, 5) is 4.06. The maximum absolute atomic E-state index is 13.4. The van der Waals surface area contributed by atoms with Crippen molar-refractivity contribution in [3.8, 4) is 5.75 Å². The zero-order chi connectivity index (χ0) is 12.3. The Hall–Kier alpha value is -1.13. The van der Waals surface area contributed by atoms with Gasteiger partial charge in [-0.1, -0.05) is 27.5 Å². The number of halogens is 3. The average Bonchev–Trinajstić information content (AvgIpc) is 2.28. The van der Waals surface area contributed by atoms with Gasteiger partial charge < -0.3 is 4.74 Å². The van der Waals surface area contributed by atoms with Gasteiger partial charge in [-0.2, -0.15) is 0 Å². The maximum Gasteiger partial charge on any atom is 0.166 e. The van der Waals surface area contributed by atoms with Crippen molar-refractivity contribution in [2.45, 2.75) is 6.61 Å². The van der Waals surface area contributed by atoms with Crippen LogP contribution >= 0.6 is 27.5 Å². The van der Waals surface area contributed by atoms with Crippen LogP contribution in [0.4, 0.5) is 4.39 Å². The molecule has 0 radical (unpaired) electrons. The van der Waals surface area contributed by atoms with Crippen molar-refractivity contribution >= 4 is 27.5 Å². The second-order valence-electron chi connectivity index (χ2n) is 3.33. The van der Waals surface area contributed by atoms with E-state index in [1.54, 1.807) is 30.5 Å². The predicted molar refractivity (Wildman–Crippen MR) is 67.7 cm³/mol. The molecule has 0 aliphatic rings. The van der Waals surface area contributed by atoms with Gasteiger partial charge in [-0.15, -0.1) is 0 Å². The highest BCUT2D eigenvalue weighted by atomic mass is 79.9. The molecule has 1 aromatic heterocycles. The van der Waals surface area contributed by atoms with Gasteiger partial charge in [0, 0.05) is 15.7 Å². The first-order valence-electron chi connectivity index (χ1n) is 4.83. The summed E-state index contributed by atoms with van der Waals surface area (Å²) in [5.41, 5.74) is 0.653. The first-order valence-corrected chi connectivity index (χ1v) is 6.00. The maximum atomic E-state index is 13.4. The van der Waals surface area contributed by atoms with Crippen LogP contribution in [0, 0.1) is 5.82 Å². The van der Waals surface area contributed by atoms with Crippen molar-refractivity contribution in [1.29, 1.82) is 0 Å². The van der Waals surface area contributed by atoms with E-state index in [0.717, 1.165) is 0 Å². The van der Waals surface area contributed by atoms with E-state index in [9.17, 15) is 4.39 Å². The number of nitrogens with zero attached hydrogens (tertiary/aromatic N) is 1. The van der Waals surface area contributed by atoms with Gasteiger partial charge in [0.05, 0.1) is 5.69 Å². The van der Waals surface area contributed by atoms with Crippen LogP contribution < -0.4 is 4.74 Å². The Labute approximate surface area is 112 Å². The van der Waals surface area contributed by atoms with Crippen LogP contribution in [-0.4, -0.2) is 4.98 Å². The highest BCUT2D eigenvalue weighted by Gasteiger charge is 2.04. The molecule has 1 aromatic carbocycles. The van der Waals surface area contributed by atoms with E-state index in [4.69, 9.17) is 16.3 Å².